The average molecular weight is 716 g/mol. The van der Waals surface area contributed by atoms with Crippen LogP contribution in [0.25, 0.3) is 100 Å². The van der Waals surface area contributed by atoms with E-state index in [1.165, 1.54) is 38.1 Å². The fourth-order valence-corrected chi connectivity index (χ4v) is 8.21. The predicted molar refractivity (Wildman–Crippen MR) is 230 cm³/mol. The molecule has 0 unspecified atom stereocenters. The lowest BCUT2D eigenvalue weighted by Crippen LogP contribution is -2.01. The molecule has 3 heterocycles. The first-order valence-electron chi connectivity index (χ1n) is 18.9. The van der Waals surface area contributed by atoms with Crippen LogP contribution in [-0.4, -0.2) is 24.1 Å². The lowest BCUT2D eigenvalue weighted by atomic mass is 10.0. The second-order valence-corrected chi connectivity index (χ2v) is 14.1. The van der Waals surface area contributed by atoms with Gasteiger partial charge in [0.05, 0.1) is 22.1 Å². The average Bonchev–Trinajstić information content (AvgIpc) is 3.80. The molecule has 0 saturated carbocycles. The van der Waals surface area contributed by atoms with Gasteiger partial charge in [-0.3, -0.25) is 0 Å². The first-order valence-corrected chi connectivity index (χ1v) is 18.9. The summed E-state index contributed by atoms with van der Waals surface area (Å²) in [5.41, 5.74) is 12.0. The summed E-state index contributed by atoms with van der Waals surface area (Å²) in [4.78, 5) is 15.2. The minimum absolute atomic E-state index is 0.626. The number of hydrogen-bond acceptors (Lipinski definition) is 3. The lowest BCUT2D eigenvalue weighted by Gasteiger charge is -2.12. The highest BCUT2D eigenvalue weighted by Gasteiger charge is 2.21. The summed E-state index contributed by atoms with van der Waals surface area (Å²) in [5.74, 6) is 1.90. The zero-order valence-electron chi connectivity index (χ0n) is 30.3. The van der Waals surface area contributed by atoms with E-state index in [2.05, 4.69) is 173 Å². The summed E-state index contributed by atoms with van der Waals surface area (Å²) < 4.78 is 4.80. The van der Waals surface area contributed by atoms with Crippen LogP contribution in [0.4, 0.5) is 0 Å². The van der Waals surface area contributed by atoms with Crippen molar-refractivity contribution in [2.24, 2.45) is 0 Å². The topological polar surface area (TPSA) is 48.5 Å². The van der Waals surface area contributed by atoms with Gasteiger partial charge in [-0.05, 0) is 71.8 Å². The third-order valence-electron chi connectivity index (χ3n) is 10.8. The van der Waals surface area contributed by atoms with Gasteiger partial charge in [-0.2, -0.15) is 0 Å². The molecule has 3 aromatic heterocycles. The number of benzene rings is 8. The summed E-state index contributed by atoms with van der Waals surface area (Å²) in [6.45, 7) is 0. The Labute approximate surface area is 323 Å². The molecule has 11 rings (SSSR count). The third kappa shape index (κ3) is 5.21. The molecule has 0 spiro atoms. The molecule has 0 fully saturated rings. The quantitative estimate of drug-likeness (QED) is 0.172. The molecule has 0 N–H and O–H groups in total. The van der Waals surface area contributed by atoms with Crippen molar-refractivity contribution in [3.8, 4) is 56.7 Å². The van der Waals surface area contributed by atoms with E-state index < -0.39 is 0 Å². The molecule has 0 atom stereocenters. The minimum atomic E-state index is 0.626. The monoisotopic (exact) mass is 715 g/mol. The smallest absolute Gasteiger partial charge is 0.164 e. The Bertz CT molecular complexity index is 3220. The molecule has 8 aromatic carbocycles. The molecule has 0 aliphatic rings. The molecular formula is C51H33N5. The van der Waals surface area contributed by atoms with Gasteiger partial charge in [0, 0.05) is 49.6 Å². The van der Waals surface area contributed by atoms with Crippen molar-refractivity contribution in [2.45, 2.75) is 0 Å². The standard InChI is InChI=1S/C51H33N5/c1-4-15-34(16-5-1)37-19-14-20-38(33-37)51-53-49(35-17-6-2-7-18-35)52-50(54-51)36-27-29-40(30-28-36)56-44-25-12-10-23-41(44)42-31-32-46-47(48(42)56)43-24-11-13-26-45(43)55(46)39-21-8-3-9-22-39/h1-33H. The molecule has 0 radical (unpaired) electrons. The number of nitrogens with zero attached hydrogens (tertiary/aromatic N) is 5. The summed E-state index contributed by atoms with van der Waals surface area (Å²) in [6.07, 6.45) is 0. The van der Waals surface area contributed by atoms with Gasteiger partial charge in [0.25, 0.3) is 0 Å². The number of para-hydroxylation sites is 3. The highest BCUT2D eigenvalue weighted by Crippen LogP contribution is 2.42. The number of fused-ring (bicyclic) bond motifs is 7. The molecule has 262 valence electrons. The van der Waals surface area contributed by atoms with E-state index >= 15 is 0 Å². The van der Waals surface area contributed by atoms with Crippen LogP contribution in [0, 0.1) is 0 Å². The Morgan fingerprint density at radius 2 is 0.786 bits per heavy atom. The van der Waals surface area contributed by atoms with E-state index in [0.717, 1.165) is 44.7 Å². The summed E-state index contributed by atoms with van der Waals surface area (Å²) in [7, 11) is 0. The summed E-state index contributed by atoms with van der Waals surface area (Å²) in [6, 6.07) is 70.3. The first-order chi connectivity index (χ1) is 27.8. The zero-order valence-corrected chi connectivity index (χ0v) is 30.3. The SMILES string of the molecule is c1ccc(-c2cccc(-c3nc(-c4ccccc4)nc(-c4ccc(-n5c6ccccc6c6ccc7c(c8ccccc8n7-c7ccccc7)c65)cc4)n3)c2)cc1. The van der Waals surface area contributed by atoms with Gasteiger partial charge in [-0.1, -0.05) is 140 Å². The van der Waals surface area contributed by atoms with Crippen LogP contribution in [0.1, 0.15) is 0 Å². The van der Waals surface area contributed by atoms with Gasteiger partial charge in [-0.15, -0.1) is 0 Å². The first kappa shape index (κ1) is 31.9. The Morgan fingerprint density at radius 3 is 1.48 bits per heavy atom. The maximum absolute atomic E-state index is 5.10. The minimum Gasteiger partial charge on any atom is -0.309 e. The fraction of sp³-hybridized carbons (Fsp3) is 0. The van der Waals surface area contributed by atoms with Crippen molar-refractivity contribution >= 4 is 43.6 Å². The van der Waals surface area contributed by atoms with Crippen LogP contribution in [0.15, 0.2) is 200 Å². The second-order valence-electron chi connectivity index (χ2n) is 14.1. The van der Waals surface area contributed by atoms with Gasteiger partial charge < -0.3 is 9.13 Å². The molecule has 0 aliphatic heterocycles. The Hall–Kier alpha value is -7.63. The molecule has 5 nitrogen and oxygen atoms in total. The third-order valence-corrected chi connectivity index (χ3v) is 10.8. The number of rotatable bonds is 6. The molecule has 11 aromatic rings. The highest BCUT2D eigenvalue weighted by molar-refractivity contribution is 6.26. The normalized spacial score (nSPS) is 11.6. The van der Waals surface area contributed by atoms with Gasteiger partial charge in [0.2, 0.25) is 0 Å². The molecule has 0 bridgehead atoms. The largest absolute Gasteiger partial charge is 0.309 e. The molecule has 0 aliphatic carbocycles. The van der Waals surface area contributed by atoms with Gasteiger partial charge >= 0.3 is 0 Å². The fourth-order valence-electron chi connectivity index (χ4n) is 8.21. The van der Waals surface area contributed by atoms with E-state index in [1.54, 1.807) is 0 Å². The highest BCUT2D eigenvalue weighted by atomic mass is 15.0. The molecule has 5 heteroatoms. The second kappa shape index (κ2) is 13.0. The van der Waals surface area contributed by atoms with Crippen molar-refractivity contribution in [2.75, 3.05) is 0 Å². The maximum Gasteiger partial charge on any atom is 0.164 e. The Morgan fingerprint density at radius 1 is 0.286 bits per heavy atom. The maximum atomic E-state index is 5.10. The molecular weight excluding hydrogens is 683 g/mol. The molecule has 0 saturated heterocycles. The number of aromatic nitrogens is 5. The van der Waals surface area contributed by atoms with Crippen molar-refractivity contribution < 1.29 is 0 Å². The van der Waals surface area contributed by atoms with E-state index in [9.17, 15) is 0 Å². The van der Waals surface area contributed by atoms with Crippen molar-refractivity contribution in [1.29, 1.82) is 0 Å². The van der Waals surface area contributed by atoms with E-state index in [0.29, 0.717) is 17.5 Å². The summed E-state index contributed by atoms with van der Waals surface area (Å²) >= 11 is 0. The van der Waals surface area contributed by atoms with Gasteiger partial charge in [0.1, 0.15) is 0 Å². The van der Waals surface area contributed by atoms with E-state index in [-0.39, 0.29) is 0 Å². The number of hydrogen-bond donors (Lipinski definition) is 0. The van der Waals surface area contributed by atoms with Crippen molar-refractivity contribution in [3.63, 3.8) is 0 Å². The van der Waals surface area contributed by atoms with E-state index in [4.69, 9.17) is 15.0 Å². The predicted octanol–water partition coefficient (Wildman–Crippen LogP) is 12.7. The molecule has 56 heavy (non-hydrogen) atoms. The van der Waals surface area contributed by atoms with Gasteiger partial charge in [-0.25, -0.2) is 15.0 Å². The van der Waals surface area contributed by atoms with Crippen LogP contribution in [0.5, 0.6) is 0 Å². The molecule has 0 amide bonds. The van der Waals surface area contributed by atoms with Crippen molar-refractivity contribution in [1.82, 2.24) is 24.1 Å². The van der Waals surface area contributed by atoms with Crippen LogP contribution < -0.4 is 0 Å². The van der Waals surface area contributed by atoms with Crippen LogP contribution in [0.3, 0.4) is 0 Å². The lowest BCUT2D eigenvalue weighted by molar-refractivity contribution is 1.07. The van der Waals surface area contributed by atoms with Crippen LogP contribution >= 0.6 is 0 Å². The Kier molecular flexibility index (Phi) is 7.42. The van der Waals surface area contributed by atoms with Crippen molar-refractivity contribution in [3.05, 3.63) is 200 Å². The van der Waals surface area contributed by atoms with Gasteiger partial charge in [0.15, 0.2) is 17.5 Å². The Balaban J connectivity index is 1.10. The summed E-state index contributed by atoms with van der Waals surface area (Å²) in [5, 5.41) is 4.90. The zero-order chi connectivity index (χ0) is 37.0. The van der Waals surface area contributed by atoms with E-state index in [1.807, 2.05) is 36.4 Å². The van der Waals surface area contributed by atoms with Crippen LogP contribution in [-0.2, 0) is 0 Å². The van der Waals surface area contributed by atoms with Crippen LogP contribution in [0.2, 0.25) is 0 Å².